The van der Waals surface area contributed by atoms with E-state index in [-0.39, 0.29) is 34.3 Å². The normalized spacial score (nSPS) is 19.3. The number of halogens is 2. The maximum Gasteiger partial charge on any atom is 0.316 e. The van der Waals surface area contributed by atoms with Gasteiger partial charge in [0.05, 0.1) is 29.9 Å². The smallest absolute Gasteiger partial charge is 0.316 e. The van der Waals surface area contributed by atoms with Crippen LogP contribution >= 0.6 is 46.3 Å². The van der Waals surface area contributed by atoms with E-state index in [1.54, 1.807) is 30.0 Å². The van der Waals surface area contributed by atoms with E-state index < -0.39 is 5.92 Å². The molecule has 2 N–H and O–H groups in total. The van der Waals surface area contributed by atoms with Gasteiger partial charge in [0.1, 0.15) is 5.82 Å². The third-order valence-electron chi connectivity index (χ3n) is 5.88. The van der Waals surface area contributed by atoms with Gasteiger partial charge in [0.2, 0.25) is 5.13 Å². The van der Waals surface area contributed by atoms with Crippen molar-refractivity contribution < 1.29 is 14.3 Å². The van der Waals surface area contributed by atoms with E-state index in [4.69, 9.17) is 33.7 Å². The molecule has 36 heavy (non-hydrogen) atoms. The van der Waals surface area contributed by atoms with E-state index in [2.05, 4.69) is 16.3 Å². The summed E-state index contributed by atoms with van der Waals surface area (Å²) in [7, 11) is 0. The molecular weight excluding hydrogens is 541 g/mol. The second-order valence-electron chi connectivity index (χ2n) is 9.06. The third-order valence-corrected chi connectivity index (χ3v) is 8.55. The first-order chi connectivity index (χ1) is 17.1. The van der Waals surface area contributed by atoms with Crippen LogP contribution in [0.15, 0.2) is 45.2 Å². The molecule has 2 heterocycles. The Balaban J connectivity index is 1.85. The molecule has 8 nitrogen and oxygen atoms in total. The van der Waals surface area contributed by atoms with Crippen molar-refractivity contribution in [2.75, 3.05) is 17.3 Å². The van der Waals surface area contributed by atoms with Crippen LogP contribution in [0, 0.1) is 16.7 Å². The van der Waals surface area contributed by atoms with Crippen LogP contribution in [-0.2, 0) is 14.3 Å². The number of rotatable bonds is 6. The largest absolute Gasteiger partial charge is 0.465 e. The summed E-state index contributed by atoms with van der Waals surface area (Å²) >= 11 is 15.5. The summed E-state index contributed by atoms with van der Waals surface area (Å²) in [6.45, 7) is 6.05. The number of nitrogens with zero attached hydrogens (tertiary/aromatic N) is 4. The van der Waals surface area contributed by atoms with Crippen molar-refractivity contribution in [2.45, 2.75) is 43.9 Å². The van der Waals surface area contributed by atoms with Crippen LogP contribution in [0.4, 0.5) is 5.13 Å². The first kappa shape index (κ1) is 26.5. The average molecular weight is 565 g/mol. The number of thioether (sulfide) groups is 1. The lowest BCUT2D eigenvalue weighted by Crippen LogP contribution is -2.42. The van der Waals surface area contributed by atoms with Gasteiger partial charge < -0.3 is 10.5 Å². The predicted octanol–water partition coefficient (Wildman–Crippen LogP) is 5.44. The molecule has 1 atom stereocenters. The number of nitrogens with two attached hydrogens (primary N) is 1. The fourth-order valence-electron chi connectivity index (χ4n) is 4.48. The number of anilines is 1. The SMILES string of the molecule is CCOC(=O)CSc1nnc(N2C(N)=C(C#N)C(c3c(Cl)cccc3Cl)C3=C2CC(C)(C)CC3=O)s1. The van der Waals surface area contributed by atoms with Crippen molar-refractivity contribution in [2.24, 2.45) is 11.1 Å². The maximum atomic E-state index is 13.6. The average Bonchev–Trinajstić information content (AvgIpc) is 3.25. The molecule has 0 spiro atoms. The molecule has 1 aliphatic carbocycles. The van der Waals surface area contributed by atoms with Gasteiger partial charge >= 0.3 is 5.97 Å². The Labute approximate surface area is 227 Å². The highest BCUT2D eigenvalue weighted by Gasteiger charge is 2.46. The molecule has 1 unspecified atom stereocenters. The minimum atomic E-state index is -0.795. The molecule has 1 aliphatic heterocycles. The number of carbonyl (C=O) groups excluding carboxylic acids is 2. The maximum absolute atomic E-state index is 13.6. The lowest BCUT2D eigenvalue weighted by Gasteiger charge is -2.42. The van der Waals surface area contributed by atoms with Crippen molar-refractivity contribution in [3.05, 3.63) is 56.5 Å². The topological polar surface area (TPSA) is 122 Å². The highest BCUT2D eigenvalue weighted by atomic mass is 35.5. The number of benzene rings is 1. The summed E-state index contributed by atoms with van der Waals surface area (Å²) in [5.41, 5.74) is 7.98. The van der Waals surface area contributed by atoms with Gasteiger partial charge in [-0.2, -0.15) is 5.26 Å². The van der Waals surface area contributed by atoms with Crippen LogP contribution < -0.4 is 10.6 Å². The van der Waals surface area contributed by atoms with Crippen molar-refractivity contribution >= 4 is 63.2 Å². The Morgan fingerprint density at radius 1 is 1.33 bits per heavy atom. The highest BCUT2D eigenvalue weighted by molar-refractivity contribution is 8.01. The number of Topliss-reactive ketones (excluding diaryl/α,β-unsaturated/α-hetero) is 1. The third kappa shape index (κ3) is 4.98. The number of esters is 1. The van der Waals surface area contributed by atoms with Crippen LogP contribution in [0.25, 0.3) is 0 Å². The summed E-state index contributed by atoms with van der Waals surface area (Å²) in [5, 5.41) is 19.7. The van der Waals surface area contributed by atoms with E-state index >= 15 is 0 Å². The van der Waals surface area contributed by atoms with Gasteiger partial charge in [0.15, 0.2) is 10.1 Å². The summed E-state index contributed by atoms with van der Waals surface area (Å²) in [4.78, 5) is 27.0. The minimum Gasteiger partial charge on any atom is -0.465 e. The zero-order chi connectivity index (χ0) is 26.2. The van der Waals surface area contributed by atoms with E-state index in [0.29, 0.717) is 55.8 Å². The minimum absolute atomic E-state index is 0.0871. The second-order valence-corrected chi connectivity index (χ2v) is 12.1. The summed E-state index contributed by atoms with van der Waals surface area (Å²) in [6.07, 6.45) is 0.810. The monoisotopic (exact) mass is 563 g/mol. The highest BCUT2D eigenvalue weighted by Crippen LogP contribution is 2.52. The number of allylic oxidation sites excluding steroid dienone is 3. The molecule has 0 saturated heterocycles. The summed E-state index contributed by atoms with van der Waals surface area (Å²) in [6, 6.07) is 7.25. The number of ether oxygens (including phenoxy) is 1. The Morgan fingerprint density at radius 2 is 2.03 bits per heavy atom. The molecule has 0 amide bonds. The van der Waals surface area contributed by atoms with Gasteiger partial charge in [-0.05, 0) is 30.9 Å². The van der Waals surface area contributed by atoms with E-state index in [1.165, 1.54) is 23.1 Å². The molecule has 1 aromatic carbocycles. The van der Waals surface area contributed by atoms with Crippen LogP contribution in [0.5, 0.6) is 0 Å². The molecule has 188 valence electrons. The number of hydrogen-bond donors (Lipinski definition) is 1. The van der Waals surface area contributed by atoms with Gasteiger partial charge in [-0.15, -0.1) is 10.2 Å². The molecule has 2 aromatic rings. The molecule has 1 aromatic heterocycles. The Kier molecular flexibility index (Phi) is 7.67. The summed E-state index contributed by atoms with van der Waals surface area (Å²) in [5.74, 6) is -1.03. The molecule has 2 aliphatic rings. The fourth-order valence-corrected chi connectivity index (χ4v) is 6.77. The Bertz CT molecular complexity index is 1330. The molecule has 0 fully saturated rings. The first-order valence-corrected chi connectivity index (χ1v) is 13.7. The molecule has 4 rings (SSSR count). The predicted molar refractivity (Wildman–Crippen MR) is 141 cm³/mol. The van der Waals surface area contributed by atoms with E-state index in [9.17, 15) is 14.9 Å². The zero-order valence-corrected chi connectivity index (χ0v) is 22.9. The van der Waals surface area contributed by atoms with Crippen LogP contribution in [0.1, 0.15) is 45.1 Å². The van der Waals surface area contributed by atoms with Crippen LogP contribution in [0.2, 0.25) is 10.0 Å². The number of hydrogen-bond acceptors (Lipinski definition) is 10. The number of aromatic nitrogens is 2. The van der Waals surface area contributed by atoms with Gasteiger partial charge in [-0.25, -0.2) is 0 Å². The lowest BCUT2D eigenvalue weighted by atomic mass is 9.68. The van der Waals surface area contributed by atoms with Crippen molar-refractivity contribution in [1.29, 1.82) is 5.26 Å². The quantitative estimate of drug-likeness (QED) is 0.361. The van der Waals surface area contributed by atoms with Gasteiger partial charge in [-0.3, -0.25) is 14.5 Å². The fraction of sp³-hybridized carbons (Fsp3) is 0.375. The molecule has 0 bridgehead atoms. The Morgan fingerprint density at radius 3 is 2.67 bits per heavy atom. The molecular formula is C24H23Cl2N5O3S2. The van der Waals surface area contributed by atoms with Gasteiger partial charge in [0.25, 0.3) is 0 Å². The number of ketones is 1. The van der Waals surface area contributed by atoms with E-state index in [0.717, 1.165) is 0 Å². The zero-order valence-electron chi connectivity index (χ0n) is 19.8. The van der Waals surface area contributed by atoms with Gasteiger partial charge in [0, 0.05) is 33.3 Å². The molecule has 0 saturated carbocycles. The Hall–Kier alpha value is -2.58. The van der Waals surface area contributed by atoms with Gasteiger partial charge in [-0.1, -0.05) is 66.2 Å². The van der Waals surface area contributed by atoms with Crippen LogP contribution in [0.3, 0.4) is 0 Å². The lowest BCUT2D eigenvalue weighted by molar-refractivity contribution is -0.139. The van der Waals surface area contributed by atoms with Crippen molar-refractivity contribution in [1.82, 2.24) is 10.2 Å². The van der Waals surface area contributed by atoms with Crippen LogP contribution in [-0.4, -0.2) is 34.3 Å². The second kappa shape index (κ2) is 10.4. The summed E-state index contributed by atoms with van der Waals surface area (Å²) < 4.78 is 5.50. The van der Waals surface area contributed by atoms with E-state index in [1.807, 2.05) is 13.8 Å². The number of nitriles is 1. The first-order valence-electron chi connectivity index (χ1n) is 11.1. The van der Waals surface area contributed by atoms with Crippen molar-refractivity contribution in [3.63, 3.8) is 0 Å². The number of carbonyl (C=O) groups is 2. The van der Waals surface area contributed by atoms with Crippen molar-refractivity contribution in [3.8, 4) is 6.07 Å². The molecule has 0 radical (unpaired) electrons. The standard InChI is InChI=1S/C24H23Cl2N5O3S2/c1-4-34-17(33)11-35-23-30-29-22(36-23)31-15-8-24(2,3)9-16(32)20(15)18(12(10-27)21(31)28)19-13(25)6-5-7-14(19)26/h5-7,18H,4,8-9,11,28H2,1-3H3. The molecule has 12 heteroatoms.